The normalized spacial score (nSPS) is 23.9. The van der Waals surface area contributed by atoms with E-state index < -0.39 is 0 Å². The summed E-state index contributed by atoms with van der Waals surface area (Å²) in [5.41, 5.74) is 6.88. The van der Waals surface area contributed by atoms with E-state index >= 15 is 0 Å². The molecule has 1 aliphatic rings. The molecule has 0 radical (unpaired) electrons. The molecule has 0 aliphatic heterocycles. The van der Waals surface area contributed by atoms with E-state index in [1.54, 1.807) is 6.07 Å². The Balaban J connectivity index is 2.01. The van der Waals surface area contributed by atoms with Crippen LogP contribution in [0.5, 0.6) is 0 Å². The molecule has 0 saturated heterocycles. The number of nitrogens with one attached hydrogen (secondary N) is 1. The van der Waals surface area contributed by atoms with Gasteiger partial charge < -0.3 is 16.2 Å². The van der Waals surface area contributed by atoms with E-state index in [0.29, 0.717) is 22.4 Å². The fourth-order valence-corrected chi connectivity index (χ4v) is 2.57. The van der Waals surface area contributed by atoms with Crippen LogP contribution in [-0.2, 0) is 0 Å². The van der Waals surface area contributed by atoms with E-state index in [1.165, 1.54) is 6.07 Å². The molecule has 1 aromatic carbocycles. The van der Waals surface area contributed by atoms with Crippen LogP contribution in [-0.4, -0.2) is 17.8 Å². The van der Waals surface area contributed by atoms with E-state index in [-0.39, 0.29) is 17.8 Å². The highest BCUT2D eigenvalue weighted by atomic mass is 79.9. The van der Waals surface area contributed by atoms with Gasteiger partial charge in [0.25, 0.3) is 0 Å². The molecule has 3 nitrogen and oxygen atoms in total. The second-order valence-electron chi connectivity index (χ2n) is 4.49. The fourth-order valence-electron chi connectivity index (χ4n) is 2.21. The summed E-state index contributed by atoms with van der Waals surface area (Å²) in [5.74, 6) is -0.102. The number of hydrogen-bond acceptors (Lipinski definition) is 3. The van der Waals surface area contributed by atoms with Crippen LogP contribution in [0.1, 0.15) is 19.3 Å². The van der Waals surface area contributed by atoms with Crippen LogP contribution in [0.25, 0.3) is 0 Å². The van der Waals surface area contributed by atoms with Crippen molar-refractivity contribution in [3.8, 4) is 0 Å². The Hall–Kier alpha value is -0.810. The highest BCUT2D eigenvalue weighted by Crippen LogP contribution is 2.29. The molecule has 4 N–H and O–H groups in total. The van der Waals surface area contributed by atoms with Crippen LogP contribution in [0.3, 0.4) is 0 Å². The van der Waals surface area contributed by atoms with Crippen molar-refractivity contribution in [2.75, 3.05) is 17.6 Å². The van der Waals surface area contributed by atoms with Crippen molar-refractivity contribution in [1.82, 2.24) is 0 Å². The second kappa shape index (κ2) is 5.23. The van der Waals surface area contributed by atoms with Gasteiger partial charge in [0.2, 0.25) is 0 Å². The Kier molecular flexibility index (Phi) is 3.89. The third kappa shape index (κ3) is 2.90. The van der Waals surface area contributed by atoms with E-state index in [2.05, 4.69) is 21.2 Å². The van der Waals surface area contributed by atoms with Crippen molar-refractivity contribution in [3.63, 3.8) is 0 Å². The quantitative estimate of drug-likeness (QED) is 0.753. The van der Waals surface area contributed by atoms with Crippen LogP contribution < -0.4 is 11.1 Å². The number of halogens is 2. The number of hydrogen-bond donors (Lipinski definition) is 3. The molecule has 17 heavy (non-hydrogen) atoms. The predicted molar refractivity (Wildman–Crippen MR) is 70.3 cm³/mol. The Morgan fingerprint density at radius 1 is 1.47 bits per heavy atom. The summed E-state index contributed by atoms with van der Waals surface area (Å²) in [6.45, 7) is 0.631. The Bertz CT molecular complexity index is 414. The maximum atomic E-state index is 13.3. The van der Waals surface area contributed by atoms with E-state index in [9.17, 15) is 9.50 Å². The third-order valence-corrected chi connectivity index (χ3v) is 3.87. The van der Waals surface area contributed by atoms with Crippen LogP contribution in [0.15, 0.2) is 16.6 Å². The summed E-state index contributed by atoms with van der Waals surface area (Å²) in [4.78, 5) is 0. The molecule has 1 fully saturated rings. The molecule has 2 atom stereocenters. The zero-order valence-electron chi connectivity index (χ0n) is 9.42. The van der Waals surface area contributed by atoms with Crippen LogP contribution in [0.2, 0.25) is 0 Å². The van der Waals surface area contributed by atoms with Gasteiger partial charge >= 0.3 is 0 Å². The lowest BCUT2D eigenvalue weighted by Gasteiger charge is -2.17. The lowest BCUT2D eigenvalue weighted by atomic mass is 10.1. The monoisotopic (exact) mass is 302 g/mol. The molecular formula is C12H16BrFN2O. The van der Waals surface area contributed by atoms with Crippen LogP contribution in [0.4, 0.5) is 15.8 Å². The first-order chi connectivity index (χ1) is 8.08. The highest BCUT2D eigenvalue weighted by Gasteiger charge is 2.24. The molecule has 0 amide bonds. The molecule has 2 rings (SSSR count). The van der Waals surface area contributed by atoms with Gasteiger partial charge in [-0.15, -0.1) is 0 Å². The Labute approximate surface area is 108 Å². The van der Waals surface area contributed by atoms with Crippen molar-refractivity contribution < 1.29 is 9.50 Å². The summed E-state index contributed by atoms with van der Waals surface area (Å²) in [6.07, 6.45) is 2.67. The van der Waals surface area contributed by atoms with Gasteiger partial charge in [0.1, 0.15) is 5.82 Å². The highest BCUT2D eigenvalue weighted by molar-refractivity contribution is 9.10. The van der Waals surface area contributed by atoms with E-state index in [1.807, 2.05) is 0 Å². The lowest BCUT2D eigenvalue weighted by Crippen LogP contribution is -2.22. The number of nitrogens with two attached hydrogens (primary N) is 1. The van der Waals surface area contributed by atoms with Crippen LogP contribution >= 0.6 is 15.9 Å². The van der Waals surface area contributed by atoms with Crippen molar-refractivity contribution in [2.45, 2.75) is 25.4 Å². The van der Waals surface area contributed by atoms with Crippen molar-refractivity contribution >= 4 is 27.3 Å². The second-order valence-corrected chi connectivity index (χ2v) is 5.35. The summed E-state index contributed by atoms with van der Waals surface area (Å²) < 4.78 is 13.7. The minimum Gasteiger partial charge on any atom is -0.397 e. The topological polar surface area (TPSA) is 58.3 Å². The molecule has 94 valence electrons. The Morgan fingerprint density at radius 3 is 2.88 bits per heavy atom. The molecular weight excluding hydrogens is 287 g/mol. The summed E-state index contributed by atoms with van der Waals surface area (Å²) in [7, 11) is 0. The fraction of sp³-hybridized carbons (Fsp3) is 0.500. The molecule has 0 aromatic heterocycles. The minimum atomic E-state index is -0.339. The smallest absolute Gasteiger partial charge is 0.139 e. The van der Waals surface area contributed by atoms with Gasteiger partial charge in [-0.25, -0.2) is 4.39 Å². The number of nitrogen functional groups attached to an aromatic ring is 1. The number of aliphatic hydroxyl groups excluding tert-OH is 1. The molecule has 5 heteroatoms. The zero-order valence-corrected chi connectivity index (χ0v) is 11.0. The standard InChI is InChI=1S/C12H16BrFN2O/c13-8-4-10(15)11(5-9(8)14)16-6-7-2-1-3-12(7)17/h4-5,7,12,16-17H,1-3,6,15H2. The average molecular weight is 303 g/mol. The predicted octanol–water partition coefficient (Wildman–Crippen LogP) is 2.74. The first-order valence-corrected chi connectivity index (χ1v) is 6.53. The summed E-state index contributed by atoms with van der Waals surface area (Å²) in [6, 6.07) is 2.92. The van der Waals surface area contributed by atoms with Crippen molar-refractivity contribution in [2.24, 2.45) is 5.92 Å². The SMILES string of the molecule is Nc1cc(Br)c(F)cc1NCC1CCCC1O. The van der Waals surface area contributed by atoms with Gasteiger partial charge in [-0.2, -0.15) is 0 Å². The van der Waals surface area contributed by atoms with Crippen molar-refractivity contribution in [1.29, 1.82) is 0 Å². The van der Waals surface area contributed by atoms with Gasteiger partial charge in [0.15, 0.2) is 0 Å². The number of aliphatic hydroxyl groups is 1. The molecule has 1 aliphatic carbocycles. The molecule has 2 unspecified atom stereocenters. The molecule has 1 aromatic rings. The first-order valence-electron chi connectivity index (χ1n) is 5.74. The third-order valence-electron chi connectivity index (χ3n) is 3.27. The van der Waals surface area contributed by atoms with E-state index in [0.717, 1.165) is 19.3 Å². The van der Waals surface area contributed by atoms with E-state index in [4.69, 9.17) is 5.73 Å². The molecule has 0 bridgehead atoms. The number of anilines is 2. The maximum absolute atomic E-state index is 13.3. The molecule has 0 heterocycles. The minimum absolute atomic E-state index is 0.237. The largest absolute Gasteiger partial charge is 0.397 e. The van der Waals surface area contributed by atoms with Crippen LogP contribution in [0, 0.1) is 11.7 Å². The van der Waals surface area contributed by atoms with Crippen molar-refractivity contribution in [3.05, 3.63) is 22.4 Å². The zero-order chi connectivity index (χ0) is 12.4. The summed E-state index contributed by atoms with van der Waals surface area (Å²) >= 11 is 3.08. The molecule has 0 spiro atoms. The number of rotatable bonds is 3. The first kappa shape index (κ1) is 12.6. The summed E-state index contributed by atoms with van der Waals surface area (Å²) in [5, 5.41) is 12.8. The molecule has 1 saturated carbocycles. The number of benzene rings is 1. The van der Waals surface area contributed by atoms with Gasteiger partial charge in [-0.05, 0) is 34.8 Å². The van der Waals surface area contributed by atoms with Gasteiger partial charge in [0.05, 0.1) is 22.0 Å². The van der Waals surface area contributed by atoms with Gasteiger partial charge in [-0.3, -0.25) is 0 Å². The maximum Gasteiger partial charge on any atom is 0.139 e. The lowest BCUT2D eigenvalue weighted by molar-refractivity contribution is 0.138. The average Bonchev–Trinajstić information content (AvgIpc) is 2.68. The van der Waals surface area contributed by atoms with Gasteiger partial charge in [-0.1, -0.05) is 6.42 Å². The Morgan fingerprint density at radius 2 is 2.24 bits per heavy atom. The van der Waals surface area contributed by atoms with Gasteiger partial charge in [0, 0.05) is 18.5 Å².